The van der Waals surface area contributed by atoms with Crippen LogP contribution in [-0.2, 0) is 4.79 Å². The predicted octanol–water partition coefficient (Wildman–Crippen LogP) is -0.573. The van der Waals surface area contributed by atoms with E-state index in [0.717, 1.165) is 12.4 Å². The van der Waals surface area contributed by atoms with Gasteiger partial charge in [-0.1, -0.05) is 0 Å². The number of carbonyl (C=O) groups excluding carboxylic acids is 1. The fraction of sp³-hybridized carbons (Fsp3) is 0.500. The SMILES string of the molecule is CNc1cc(N2CCNC(=O)CC2)nc(N)n1. The first kappa shape index (κ1) is 11.4. The largest absolute Gasteiger partial charge is 0.373 e. The quantitative estimate of drug-likeness (QED) is 0.636. The van der Waals surface area contributed by atoms with Gasteiger partial charge in [-0.05, 0) is 0 Å². The van der Waals surface area contributed by atoms with Crippen molar-refractivity contribution < 1.29 is 4.79 Å². The zero-order valence-corrected chi connectivity index (χ0v) is 9.73. The lowest BCUT2D eigenvalue weighted by Crippen LogP contribution is -2.29. The van der Waals surface area contributed by atoms with Gasteiger partial charge in [0, 0.05) is 39.2 Å². The van der Waals surface area contributed by atoms with Gasteiger partial charge in [0.15, 0.2) is 0 Å². The number of nitrogens with zero attached hydrogens (tertiary/aromatic N) is 3. The van der Waals surface area contributed by atoms with Crippen molar-refractivity contribution in [1.29, 1.82) is 0 Å². The van der Waals surface area contributed by atoms with Crippen LogP contribution in [0.4, 0.5) is 17.6 Å². The Bertz CT molecular complexity index is 421. The molecule has 1 fully saturated rings. The second-order valence-electron chi connectivity index (χ2n) is 3.81. The number of nitrogens with one attached hydrogen (secondary N) is 2. The molecule has 0 atom stereocenters. The zero-order chi connectivity index (χ0) is 12.3. The molecule has 0 unspecified atom stereocenters. The maximum atomic E-state index is 11.2. The van der Waals surface area contributed by atoms with Gasteiger partial charge >= 0.3 is 0 Å². The number of amides is 1. The van der Waals surface area contributed by atoms with Gasteiger partial charge in [-0.2, -0.15) is 9.97 Å². The Morgan fingerprint density at radius 2 is 2.29 bits per heavy atom. The molecular weight excluding hydrogens is 220 g/mol. The van der Waals surface area contributed by atoms with Gasteiger partial charge in [0.25, 0.3) is 0 Å². The predicted molar refractivity (Wildman–Crippen MR) is 65.8 cm³/mol. The molecule has 1 aliphatic heterocycles. The van der Waals surface area contributed by atoms with E-state index < -0.39 is 0 Å². The molecule has 0 radical (unpaired) electrons. The van der Waals surface area contributed by atoms with E-state index in [1.807, 2.05) is 11.0 Å². The number of aromatic nitrogens is 2. The average Bonchev–Trinajstić information content (AvgIpc) is 2.53. The Labute approximate surface area is 99.4 Å². The summed E-state index contributed by atoms with van der Waals surface area (Å²) in [5.41, 5.74) is 5.64. The van der Waals surface area contributed by atoms with E-state index in [1.54, 1.807) is 7.05 Å². The molecule has 0 spiro atoms. The Hall–Kier alpha value is -2.05. The molecule has 17 heavy (non-hydrogen) atoms. The highest BCUT2D eigenvalue weighted by Gasteiger charge is 2.15. The fourth-order valence-corrected chi connectivity index (χ4v) is 1.74. The summed E-state index contributed by atoms with van der Waals surface area (Å²) in [6.07, 6.45) is 0.471. The minimum absolute atomic E-state index is 0.0726. The fourth-order valence-electron chi connectivity index (χ4n) is 1.74. The molecule has 2 heterocycles. The van der Waals surface area contributed by atoms with Crippen LogP contribution in [0.1, 0.15) is 6.42 Å². The van der Waals surface area contributed by atoms with Gasteiger partial charge in [0.1, 0.15) is 11.6 Å². The van der Waals surface area contributed by atoms with Crippen LogP contribution in [0.3, 0.4) is 0 Å². The van der Waals surface area contributed by atoms with Crippen LogP contribution in [0.5, 0.6) is 0 Å². The highest BCUT2D eigenvalue weighted by molar-refractivity contribution is 5.77. The second-order valence-corrected chi connectivity index (χ2v) is 3.81. The molecule has 1 aliphatic rings. The minimum atomic E-state index is 0.0726. The summed E-state index contributed by atoms with van der Waals surface area (Å²) in [7, 11) is 1.78. The van der Waals surface area contributed by atoms with Crippen LogP contribution in [0.15, 0.2) is 6.07 Å². The van der Waals surface area contributed by atoms with Crippen LogP contribution in [-0.4, -0.2) is 42.6 Å². The molecule has 0 bridgehead atoms. The van der Waals surface area contributed by atoms with Crippen molar-refractivity contribution in [2.24, 2.45) is 0 Å². The van der Waals surface area contributed by atoms with E-state index in [-0.39, 0.29) is 11.9 Å². The van der Waals surface area contributed by atoms with E-state index in [4.69, 9.17) is 5.73 Å². The monoisotopic (exact) mass is 236 g/mol. The van der Waals surface area contributed by atoms with Crippen molar-refractivity contribution in [3.05, 3.63) is 6.07 Å². The third-order valence-corrected chi connectivity index (χ3v) is 2.62. The summed E-state index contributed by atoms with van der Waals surface area (Å²) in [5.74, 6) is 1.73. The molecule has 1 amide bonds. The summed E-state index contributed by atoms with van der Waals surface area (Å²) < 4.78 is 0. The third kappa shape index (κ3) is 2.74. The first-order valence-corrected chi connectivity index (χ1v) is 5.53. The summed E-state index contributed by atoms with van der Waals surface area (Å²) >= 11 is 0. The first-order chi connectivity index (χ1) is 8.19. The molecule has 1 aromatic rings. The second kappa shape index (κ2) is 4.86. The van der Waals surface area contributed by atoms with Gasteiger partial charge in [0.05, 0.1) is 0 Å². The maximum Gasteiger partial charge on any atom is 0.223 e. The van der Waals surface area contributed by atoms with Gasteiger partial charge in [-0.15, -0.1) is 0 Å². The van der Waals surface area contributed by atoms with Crippen molar-refractivity contribution in [2.45, 2.75) is 6.42 Å². The van der Waals surface area contributed by atoms with E-state index in [0.29, 0.717) is 25.3 Å². The number of hydrogen-bond donors (Lipinski definition) is 3. The molecule has 7 nitrogen and oxygen atoms in total. The van der Waals surface area contributed by atoms with E-state index >= 15 is 0 Å². The topological polar surface area (TPSA) is 96.2 Å². The van der Waals surface area contributed by atoms with Crippen molar-refractivity contribution in [1.82, 2.24) is 15.3 Å². The number of rotatable bonds is 2. The van der Waals surface area contributed by atoms with Crippen LogP contribution in [0.2, 0.25) is 0 Å². The lowest BCUT2D eigenvalue weighted by Gasteiger charge is -2.21. The van der Waals surface area contributed by atoms with Crippen molar-refractivity contribution in [2.75, 3.05) is 42.6 Å². The average molecular weight is 236 g/mol. The Morgan fingerprint density at radius 3 is 3.06 bits per heavy atom. The lowest BCUT2D eigenvalue weighted by atomic mass is 10.3. The molecule has 4 N–H and O–H groups in total. The molecule has 1 saturated heterocycles. The van der Waals surface area contributed by atoms with E-state index in [2.05, 4.69) is 20.6 Å². The van der Waals surface area contributed by atoms with Gasteiger partial charge in [0.2, 0.25) is 11.9 Å². The molecule has 1 aromatic heterocycles. The summed E-state index contributed by atoms with van der Waals surface area (Å²) in [5, 5.41) is 5.75. The molecule has 92 valence electrons. The third-order valence-electron chi connectivity index (χ3n) is 2.62. The summed E-state index contributed by atoms with van der Waals surface area (Å²) in [6, 6.07) is 1.83. The van der Waals surface area contributed by atoms with Crippen molar-refractivity contribution >= 4 is 23.5 Å². The standard InChI is InChI=1S/C10H16N6O/c1-12-7-6-8(15-10(11)14-7)16-4-2-9(17)13-3-5-16/h6H,2-5H2,1H3,(H,13,17)(H3,11,12,14,15). The Kier molecular flexibility index (Phi) is 3.27. The molecule has 0 saturated carbocycles. The number of hydrogen-bond acceptors (Lipinski definition) is 6. The summed E-state index contributed by atoms with van der Waals surface area (Å²) in [6.45, 7) is 1.99. The molecule has 7 heteroatoms. The molecular formula is C10H16N6O. The minimum Gasteiger partial charge on any atom is -0.373 e. The van der Waals surface area contributed by atoms with Crippen molar-refractivity contribution in [3.63, 3.8) is 0 Å². The van der Waals surface area contributed by atoms with E-state index in [1.165, 1.54) is 0 Å². The molecule has 0 aliphatic carbocycles. The van der Waals surface area contributed by atoms with Crippen LogP contribution in [0, 0.1) is 0 Å². The van der Waals surface area contributed by atoms with Gasteiger partial charge in [-0.25, -0.2) is 0 Å². The first-order valence-electron chi connectivity index (χ1n) is 5.53. The van der Waals surface area contributed by atoms with Gasteiger partial charge in [-0.3, -0.25) is 4.79 Å². The zero-order valence-electron chi connectivity index (χ0n) is 9.73. The summed E-state index contributed by atoms with van der Waals surface area (Å²) in [4.78, 5) is 21.5. The number of carbonyl (C=O) groups is 1. The normalized spacial score (nSPS) is 16.3. The maximum absolute atomic E-state index is 11.2. The number of nitrogen functional groups attached to an aromatic ring is 1. The lowest BCUT2D eigenvalue weighted by molar-refractivity contribution is -0.120. The molecule has 0 aromatic carbocycles. The van der Waals surface area contributed by atoms with E-state index in [9.17, 15) is 4.79 Å². The highest BCUT2D eigenvalue weighted by Crippen LogP contribution is 2.17. The van der Waals surface area contributed by atoms with Crippen molar-refractivity contribution in [3.8, 4) is 0 Å². The van der Waals surface area contributed by atoms with Crippen LogP contribution in [0.25, 0.3) is 0 Å². The Morgan fingerprint density at radius 1 is 1.47 bits per heavy atom. The Balaban J connectivity index is 2.20. The van der Waals surface area contributed by atoms with Crippen LogP contribution >= 0.6 is 0 Å². The molecule has 2 rings (SSSR count). The number of nitrogens with two attached hydrogens (primary N) is 1. The number of anilines is 3. The smallest absolute Gasteiger partial charge is 0.223 e. The van der Waals surface area contributed by atoms with Crippen LogP contribution < -0.4 is 21.3 Å². The highest BCUT2D eigenvalue weighted by atomic mass is 16.1. The van der Waals surface area contributed by atoms with Gasteiger partial charge < -0.3 is 21.3 Å².